The molecule has 162 valence electrons. The minimum atomic E-state index is 0.0511. The van der Waals surface area contributed by atoms with Gasteiger partial charge in [-0.25, -0.2) is 9.67 Å². The van der Waals surface area contributed by atoms with E-state index < -0.39 is 0 Å². The number of aryl methyl sites for hydroxylation is 3. The fourth-order valence-electron chi connectivity index (χ4n) is 4.00. The van der Waals surface area contributed by atoms with Gasteiger partial charge in [0.05, 0.1) is 18.8 Å². The van der Waals surface area contributed by atoms with Gasteiger partial charge in [0.25, 0.3) is 0 Å². The van der Waals surface area contributed by atoms with Crippen LogP contribution in [0.1, 0.15) is 34.2 Å². The monoisotopic (exact) mass is 418 g/mol. The number of pyridine rings is 1. The van der Waals surface area contributed by atoms with E-state index >= 15 is 0 Å². The van der Waals surface area contributed by atoms with Crippen LogP contribution in [0.4, 0.5) is 0 Å². The van der Waals surface area contributed by atoms with Crippen LogP contribution in [0.25, 0.3) is 5.82 Å². The molecule has 1 saturated heterocycles. The van der Waals surface area contributed by atoms with Gasteiger partial charge in [-0.05, 0) is 49.6 Å². The molecule has 1 atom stereocenters. The van der Waals surface area contributed by atoms with Crippen LogP contribution in [-0.2, 0) is 11.3 Å². The molecule has 0 amide bonds. The predicted octanol–water partition coefficient (Wildman–Crippen LogP) is 3.34. The van der Waals surface area contributed by atoms with Crippen LogP contribution in [-0.4, -0.2) is 52.4 Å². The first kappa shape index (κ1) is 21.1. The minimum absolute atomic E-state index is 0.0511. The van der Waals surface area contributed by atoms with Crippen LogP contribution in [0.2, 0.25) is 0 Å². The van der Waals surface area contributed by atoms with Crippen molar-refractivity contribution in [3.05, 3.63) is 76.7 Å². The summed E-state index contributed by atoms with van der Waals surface area (Å²) in [5.74, 6) is 1.71. The molecule has 1 fully saturated rings. The van der Waals surface area contributed by atoms with Crippen molar-refractivity contribution < 1.29 is 4.74 Å². The molecule has 1 unspecified atom stereocenters. The van der Waals surface area contributed by atoms with Gasteiger partial charge in [-0.3, -0.25) is 4.99 Å². The zero-order valence-electron chi connectivity index (χ0n) is 18.7. The van der Waals surface area contributed by atoms with Crippen molar-refractivity contribution in [3.8, 4) is 5.82 Å². The molecule has 31 heavy (non-hydrogen) atoms. The predicted molar refractivity (Wildman–Crippen MR) is 122 cm³/mol. The number of nitrogens with zero attached hydrogens (tertiary/aromatic N) is 5. The molecule has 1 aliphatic rings. The number of benzene rings is 1. The summed E-state index contributed by atoms with van der Waals surface area (Å²) in [6.45, 7) is 9.09. The van der Waals surface area contributed by atoms with Gasteiger partial charge in [0.15, 0.2) is 11.8 Å². The topological polar surface area (TPSA) is 67.6 Å². The Morgan fingerprint density at radius 3 is 2.71 bits per heavy atom. The summed E-state index contributed by atoms with van der Waals surface area (Å²) in [4.78, 5) is 11.3. The molecule has 0 bridgehead atoms. The van der Waals surface area contributed by atoms with Gasteiger partial charge >= 0.3 is 0 Å². The van der Waals surface area contributed by atoms with Crippen molar-refractivity contribution in [1.82, 2.24) is 25.0 Å². The van der Waals surface area contributed by atoms with Gasteiger partial charge in [-0.1, -0.05) is 30.3 Å². The molecule has 0 aliphatic carbocycles. The second kappa shape index (κ2) is 9.31. The maximum atomic E-state index is 6.06. The molecule has 3 heterocycles. The summed E-state index contributed by atoms with van der Waals surface area (Å²) in [6.07, 6.45) is 1.94. The lowest BCUT2D eigenvalue weighted by atomic mass is 10.0. The summed E-state index contributed by atoms with van der Waals surface area (Å²) in [6, 6.07) is 14.5. The van der Waals surface area contributed by atoms with E-state index in [0.717, 1.165) is 41.8 Å². The third-order valence-electron chi connectivity index (χ3n) is 5.60. The molecule has 1 aromatic carbocycles. The van der Waals surface area contributed by atoms with E-state index in [2.05, 4.69) is 62.5 Å². The Bertz CT molecular complexity index is 1060. The zero-order valence-corrected chi connectivity index (χ0v) is 18.7. The summed E-state index contributed by atoms with van der Waals surface area (Å²) in [5, 5.41) is 7.97. The first-order valence-electron chi connectivity index (χ1n) is 10.7. The van der Waals surface area contributed by atoms with Gasteiger partial charge in [-0.15, -0.1) is 0 Å². The van der Waals surface area contributed by atoms with Crippen molar-refractivity contribution in [2.45, 2.75) is 33.4 Å². The lowest BCUT2D eigenvalue weighted by Gasteiger charge is -2.35. The van der Waals surface area contributed by atoms with Gasteiger partial charge in [0.1, 0.15) is 6.10 Å². The van der Waals surface area contributed by atoms with Gasteiger partial charge < -0.3 is 15.0 Å². The largest absolute Gasteiger partial charge is 0.370 e. The van der Waals surface area contributed by atoms with Crippen molar-refractivity contribution in [2.75, 3.05) is 26.7 Å². The summed E-state index contributed by atoms with van der Waals surface area (Å²) >= 11 is 0. The summed E-state index contributed by atoms with van der Waals surface area (Å²) in [5.41, 5.74) is 5.66. The quantitative estimate of drug-likeness (QED) is 0.520. The second-order valence-corrected chi connectivity index (χ2v) is 7.93. The summed E-state index contributed by atoms with van der Waals surface area (Å²) < 4.78 is 7.92. The van der Waals surface area contributed by atoms with Crippen LogP contribution < -0.4 is 5.32 Å². The molecule has 7 nitrogen and oxygen atoms in total. The molecule has 7 heteroatoms. The van der Waals surface area contributed by atoms with E-state index in [0.29, 0.717) is 13.2 Å². The van der Waals surface area contributed by atoms with E-state index in [1.165, 1.54) is 11.1 Å². The molecular weight excluding hydrogens is 388 g/mol. The Kier molecular flexibility index (Phi) is 6.32. The molecule has 0 saturated carbocycles. The van der Waals surface area contributed by atoms with Crippen LogP contribution in [0.15, 0.2) is 53.7 Å². The molecule has 0 spiro atoms. The third-order valence-corrected chi connectivity index (χ3v) is 5.60. The number of hydrogen-bond donors (Lipinski definition) is 1. The molecule has 1 N–H and O–H groups in total. The first-order chi connectivity index (χ1) is 15.0. The van der Waals surface area contributed by atoms with Crippen molar-refractivity contribution in [1.29, 1.82) is 0 Å². The van der Waals surface area contributed by atoms with E-state index in [-0.39, 0.29) is 6.10 Å². The van der Waals surface area contributed by atoms with Crippen molar-refractivity contribution in [2.24, 2.45) is 4.99 Å². The number of nitrogens with one attached hydrogen (secondary N) is 1. The Labute approximate surface area is 183 Å². The maximum Gasteiger partial charge on any atom is 0.194 e. The molecule has 0 radical (unpaired) electrons. The van der Waals surface area contributed by atoms with Crippen LogP contribution in [0.3, 0.4) is 0 Å². The highest BCUT2D eigenvalue weighted by molar-refractivity contribution is 5.80. The molecule has 4 rings (SSSR count). The minimum Gasteiger partial charge on any atom is -0.370 e. The smallest absolute Gasteiger partial charge is 0.194 e. The van der Waals surface area contributed by atoms with Crippen LogP contribution in [0, 0.1) is 20.8 Å². The Balaban J connectivity index is 1.39. The average Bonchev–Trinajstić information content (AvgIpc) is 3.13. The number of ether oxygens (including phenoxy) is 1. The maximum absolute atomic E-state index is 6.06. The van der Waals surface area contributed by atoms with Gasteiger partial charge in [0, 0.05) is 32.0 Å². The fraction of sp³-hybridized carbons (Fsp3) is 0.375. The Hall–Kier alpha value is -3.19. The fourth-order valence-corrected chi connectivity index (χ4v) is 4.00. The number of hydrogen-bond acceptors (Lipinski definition) is 4. The lowest BCUT2D eigenvalue weighted by molar-refractivity contribution is -0.00834. The number of aliphatic imine (C=N–C) groups is 1. The molecule has 1 aliphatic heterocycles. The Morgan fingerprint density at radius 2 is 2.03 bits per heavy atom. The zero-order chi connectivity index (χ0) is 21.8. The average molecular weight is 419 g/mol. The highest BCUT2D eigenvalue weighted by atomic mass is 16.5. The molecule has 3 aromatic rings. The highest BCUT2D eigenvalue weighted by Gasteiger charge is 2.25. The van der Waals surface area contributed by atoms with Crippen molar-refractivity contribution >= 4 is 5.96 Å². The van der Waals surface area contributed by atoms with Crippen LogP contribution in [0.5, 0.6) is 0 Å². The SMILES string of the molecule is CN=C(NCc1ccc(-n2nc(C)cc2C)nc1)N1CCOC(c2ccccc2C)C1. The number of rotatable bonds is 4. The van der Waals surface area contributed by atoms with Gasteiger partial charge in [-0.2, -0.15) is 5.10 Å². The standard InChI is InChI=1S/C24H30N6O/c1-17-7-5-6-8-21(17)22-16-29(11-12-31-22)24(25-4)27-15-20-9-10-23(26-14-20)30-19(3)13-18(2)28-30/h5-10,13-14,22H,11-12,15-16H2,1-4H3,(H,25,27). The first-order valence-corrected chi connectivity index (χ1v) is 10.7. The van der Waals surface area contributed by atoms with E-state index in [9.17, 15) is 0 Å². The van der Waals surface area contributed by atoms with E-state index in [1.807, 2.05) is 43.9 Å². The van der Waals surface area contributed by atoms with Crippen molar-refractivity contribution in [3.63, 3.8) is 0 Å². The lowest BCUT2D eigenvalue weighted by Crippen LogP contribution is -2.48. The molecular formula is C24H30N6O. The Morgan fingerprint density at radius 1 is 1.19 bits per heavy atom. The van der Waals surface area contributed by atoms with E-state index in [1.54, 1.807) is 0 Å². The van der Waals surface area contributed by atoms with Gasteiger partial charge in [0.2, 0.25) is 0 Å². The normalized spacial score (nSPS) is 17.1. The van der Waals surface area contributed by atoms with Crippen LogP contribution >= 0.6 is 0 Å². The molecule has 2 aromatic heterocycles. The second-order valence-electron chi connectivity index (χ2n) is 7.93. The number of guanidine groups is 1. The number of morpholine rings is 1. The highest BCUT2D eigenvalue weighted by Crippen LogP contribution is 2.25. The van der Waals surface area contributed by atoms with E-state index in [4.69, 9.17) is 4.74 Å². The summed E-state index contributed by atoms with van der Waals surface area (Å²) in [7, 11) is 1.82. The number of aromatic nitrogens is 3. The third kappa shape index (κ3) is 4.77.